The summed E-state index contributed by atoms with van der Waals surface area (Å²) in [6.45, 7) is 7.74. The number of fused-ring (bicyclic) bond motifs is 1. The molecule has 6 rings (SSSR count). The molecule has 0 bridgehead atoms. The van der Waals surface area contributed by atoms with E-state index in [-0.39, 0.29) is 17.2 Å². The zero-order chi connectivity index (χ0) is 32.3. The van der Waals surface area contributed by atoms with Gasteiger partial charge in [-0.15, -0.1) is 20.6 Å². The first kappa shape index (κ1) is 32.4. The molecule has 3 aromatic rings. The van der Waals surface area contributed by atoms with Gasteiger partial charge in [-0.2, -0.15) is 31.3 Å². The highest BCUT2D eigenvalue weighted by Gasteiger charge is 2.46. The van der Waals surface area contributed by atoms with Gasteiger partial charge in [-0.3, -0.25) is 4.99 Å². The molecule has 1 N–H and O–H groups in total. The molecule has 0 spiro atoms. The first-order chi connectivity index (χ1) is 21.3. The normalized spacial score (nSPS) is 27.8. The predicted molar refractivity (Wildman–Crippen MR) is 178 cm³/mol. The van der Waals surface area contributed by atoms with E-state index >= 15 is 0 Å². The third-order valence-corrected chi connectivity index (χ3v) is 12.1. The Hall–Kier alpha value is -2.57. The lowest BCUT2D eigenvalue weighted by molar-refractivity contribution is 0.0564. The van der Waals surface area contributed by atoms with Crippen molar-refractivity contribution in [2.24, 2.45) is 4.99 Å². The van der Waals surface area contributed by atoms with Gasteiger partial charge in [-0.1, -0.05) is 37.6 Å². The molecule has 1 aromatic carbocycles. The summed E-state index contributed by atoms with van der Waals surface area (Å²) in [6, 6.07) is 6.40. The summed E-state index contributed by atoms with van der Waals surface area (Å²) in [5.74, 6) is 0.639. The van der Waals surface area contributed by atoms with Crippen LogP contribution < -0.4 is 4.72 Å². The van der Waals surface area contributed by atoms with E-state index < -0.39 is 28.8 Å². The molecule has 0 saturated carbocycles. The Kier molecular flexibility index (Phi) is 8.79. The number of hydrogen-bond acceptors (Lipinski definition) is 7. The summed E-state index contributed by atoms with van der Waals surface area (Å²) >= 11 is 1.45. The molecular weight excluding hydrogens is 635 g/mol. The largest absolute Gasteiger partial charge is 0.333 e. The zero-order valence-electron chi connectivity index (χ0n) is 26.1. The number of halogens is 2. The average molecular weight is 676 g/mol. The topological polar surface area (TPSA) is 95.7 Å². The van der Waals surface area contributed by atoms with Crippen LogP contribution in [0.3, 0.4) is 0 Å². The van der Waals surface area contributed by atoms with Crippen molar-refractivity contribution in [3.63, 3.8) is 0 Å². The smallest absolute Gasteiger partial charge is 0.326 e. The molecule has 6 atom stereocenters. The number of nitrogens with one attached hydrogen (secondary N) is 1. The molecule has 3 aliphatic heterocycles. The molecule has 242 valence electrons. The number of aliphatic imine (C=N–C) groups is 1. The van der Waals surface area contributed by atoms with Crippen LogP contribution in [0.4, 0.5) is 8.78 Å². The van der Waals surface area contributed by atoms with E-state index in [2.05, 4.69) is 37.0 Å². The molecule has 9 nitrogen and oxygen atoms in total. The summed E-state index contributed by atoms with van der Waals surface area (Å²) in [5, 5.41) is 6.84. The molecule has 14 heteroatoms. The molecule has 0 amide bonds. The number of rotatable bonds is 8. The van der Waals surface area contributed by atoms with Crippen LogP contribution in [0.5, 0.6) is 0 Å². The molecule has 0 radical (unpaired) electrons. The van der Waals surface area contributed by atoms with E-state index in [9.17, 15) is 17.2 Å². The monoisotopic (exact) mass is 675 g/mol. The molecule has 3 aliphatic rings. The summed E-state index contributed by atoms with van der Waals surface area (Å²) in [6.07, 6.45) is 5.56. The van der Waals surface area contributed by atoms with Crippen molar-refractivity contribution in [2.45, 2.75) is 96.2 Å². The van der Waals surface area contributed by atoms with Crippen LogP contribution in [0.1, 0.15) is 86.4 Å². The van der Waals surface area contributed by atoms with Crippen LogP contribution in [-0.2, 0) is 10.2 Å². The Morgan fingerprint density at radius 1 is 1.22 bits per heavy atom. The fraction of sp³-hybridized carbons (Fsp3) is 0.516. The molecule has 2 saturated heterocycles. The number of piperidine rings is 1. The zero-order valence-corrected chi connectivity index (χ0v) is 28.9. The Morgan fingerprint density at radius 2 is 2.00 bits per heavy atom. The lowest BCUT2D eigenvalue weighted by Crippen LogP contribution is -2.58. The SMILES string of the molecule is CCC1CC(C)(P)CC(C)N1S(=O)(=O)NC1CC2=C(c3ccn(C(F)F)n3)[C@H](c3ccc(C)cc3C)N=C(c3nccs3)N2C1. The van der Waals surface area contributed by atoms with E-state index in [1.165, 1.54) is 17.5 Å². The number of amidine groups is 1. The van der Waals surface area contributed by atoms with Crippen molar-refractivity contribution in [3.05, 3.63) is 75.1 Å². The third kappa shape index (κ3) is 6.26. The highest BCUT2D eigenvalue weighted by atomic mass is 32.2. The van der Waals surface area contributed by atoms with Gasteiger partial charge < -0.3 is 4.90 Å². The number of nitrogens with zero attached hydrogens (tertiary/aromatic N) is 6. The van der Waals surface area contributed by atoms with Gasteiger partial charge >= 0.3 is 6.55 Å². The molecular formula is C31H40F2N7O2PS2. The summed E-state index contributed by atoms with van der Waals surface area (Å²) in [4.78, 5) is 11.8. The van der Waals surface area contributed by atoms with Crippen molar-refractivity contribution >= 4 is 42.2 Å². The van der Waals surface area contributed by atoms with E-state index in [1.54, 1.807) is 16.6 Å². The van der Waals surface area contributed by atoms with Crippen LogP contribution in [0.2, 0.25) is 0 Å². The number of alkyl halides is 2. The third-order valence-electron chi connectivity index (χ3n) is 9.01. The Labute approximate surface area is 270 Å². The number of hydrogen-bond donors (Lipinski definition) is 1. The maximum absolute atomic E-state index is 14.1. The van der Waals surface area contributed by atoms with Crippen LogP contribution in [-0.4, -0.2) is 68.0 Å². The predicted octanol–water partition coefficient (Wildman–Crippen LogP) is 6.07. The first-order valence-electron chi connectivity index (χ1n) is 15.3. The van der Waals surface area contributed by atoms with Crippen LogP contribution >= 0.6 is 20.6 Å². The highest BCUT2D eigenvalue weighted by molar-refractivity contribution is 7.87. The maximum atomic E-state index is 14.1. The minimum absolute atomic E-state index is 0.0241. The maximum Gasteiger partial charge on any atom is 0.333 e. The van der Waals surface area contributed by atoms with Crippen molar-refractivity contribution in [1.82, 2.24) is 28.7 Å². The summed E-state index contributed by atoms with van der Waals surface area (Å²) in [7, 11) is -0.939. The van der Waals surface area contributed by atoms with Gasteiger partial charge in [0.2, 0.25) is 0 Å². The van der Waals surface area contributed by atoms with Gasteiger partial charge in [0.15, 0.2) is 10.8 Å². The lowest BCUT2D eigenvalue weighted by Gasteiger charge is -2.46. The molecule has 5 heterocycles. The first-order valence-corrected chi connectivity index (χ1v) is 18.2. The van der Waals surface area contributed by atoms with Crippen LogP contribution in [0, 0.1) is 13.8 Å². The van der Waals surface area contributed by atoms with Gasteiger partial charge in [0.25, 0.3) is 10.2 Å². The second kappa shape index (κ2) is 12.2. The van der Waals surface area contributed by atoms with Crippen molar-refractivity contribution in [2.75, 3.05) is 6.54 Å². The summed E-state index contributed by atoms with van der Waals surface area (Å²) < 4.78 is 60.9. The van der Waals surface area contributed by atoms with E-state index in [0.29, 0.717) is 46.2 Å². The lowest BCUT2D eigenvalue weighted by atomic mass is 9.88. The Morgan fingerprint density at radius 3 is 2.64 bits per heavy atom. The van der Waals surface area contributed by atoms with Gasteiger partial charge in [-0.05, 0) is 62.4 Å². The minimum Gasteiger partial charge on any atom is -0.326 e. The number of thiazole rings is 1. The van der Waals surface area contributed by atoms with E-state index in [0.717, 1.165) is 35.2 Å². The van der Waals surface area contributed by atoms with Gasteiger partial charge in [0.1, 0.15) is 6.04 Å². The van der Waals surface area contributed by atoms with Gasteiger partial charge in [0, 0.05) is 60.1 Å². The molecule has 2 fully saturated rings. The van der Waals surface area contributed by atoms with Crippen molar-refractivity contribution in [3.8, 4) is 0 Å². The summed E-state index contributed by atoms with van der Waals surface area (Å²) in [5.41, 5.74) is 4.94. The molecule has 45 heavy (non-hydrogen) atoms. The van der Waals surface area contributed by atoms with E-state index in [4.69, 9.17) is 4.99 Å². The second-order valence-electron chi connectivity index (χ2n) is 12.8. The number of aromatic nitrogens is 3. The van der Waals surface area contributed by atoms with Gasteiger partial charge in [0.05, 0.1) is 5.69 Å². The average Bonchev–Trinajstić information content (AvgIpc) is 3.72. The fourth-order valence-electron chi connectivity index (χ4n) is 7.31. The molecule has 0 aliphatic carbocycles. The number of aryl methyl sites for hydroxylation is 2. The van der Waals surface area contributed by atoms with Crippen LogP contribution in [0.15, 0.2) is 52.7 Å². The van der Waals surface area contributed by atoms with Crippen molar-refractivity contribution in [1.29, 1.82) is 0 Å². The van der Waals surface area contributed by atoms with Crippen LogP contribution in [0.25, 0.3) is 5.57 Å². The fourth-order valence-corrected chi connectivity index (χ4v) is 10.4. The minimum atomic E-state index is -3.85. The van der Waals surface area contributed by atoms with Crippen molar-refractivity contribution < 1.29 is 17.2 Å². The Bertz CT molecular complexity index is 1740. The quantitative estimate of drug-likeness (QED) is 0.293. The standard InChI is InChI=1S/C31H40F2N7O2PS2/c1-6-22-16-31(5,43)15-20(4)40(22)45(41,42)37-21-14-25-26(24-9-11-39(36-24)30(32)33)27(23-8-7-18(2)13-19(23)3)35-28(38(25)17-21)29-34-10-12-44-29/h7-13,20-22,27,30,37H,6,14-17,43H2,1-5H3/t20?,21?,22?,27-,31?/m0/s1. The highest BCUT2D eigenvalue weighted by Crippen LogP contribution is 2.46. The molecule has 5 unspecified atom stereocenters. The Balaban J connectivity index is 1.44. The van der Waals surface area contributed by atoms with Gasteiger partial charge in [-0.25, -0.2) is 9.67 Å². The molecule has 2 aromatic heterocycles. The van der Waals surface area contributed by atoms with E-state index in [1.807, 2.05) is 50.1 Å². The number of benzene rings is 1. The second-order valence-corrected chi connectivity index (χ2v) is 16.7.